The molecule has 0 aliphatic carbocycles. The maximum atomic E-state index is 14.6. The molecule has 0 bridgehead atoms. The third-order valence-electron chi connectivity index (χ3n) is 3.23. The van der Waals surface area contributed by atoms with Crippen LogP contribution in [0, 0.1) is 9.39 Å². The van der Waals surface area contributed by atoms with Gasteiger partial charge < -0.3 is 9.97 Å². The highest BCUT2D eigenvalue weighted by Gasteiger charge is 2.25. The number of halogens is 3. The van der Waals surface area contributed by atoms with Crippen LogP contribution < -0.4 is 0 Å². The van der Waals surface area contributed by atoms with Gasteiger partial charge in [0.05, 0.1) is 5.92 Å². The number of H-pyrrole nitrogens is 2. The Morgan fingerprint density at radius 3 is 2.10 bits per heavy atom. The first-order valence-electron chi connectivity index (χ1n) is 6.08. The van der Waals surface area contributed by atoms with Crippen molar-refractivity contribution in [2.75, 3.05) is 0 Å². The minimum absolute atomic E-state index is 0.186. The zero-order valence-corrected chi connectivity index (χ0v) is 14.1. The number of aromatic amines is 2. The predicted molar refractivity (Wildman–Crippen MR) is 89.3 cm³/mol. The molecule has 0 aliphatic rings. The summed E-state index contributed by atoms with van der Waals surface area (Å²) >= 11 is 5.50. The molecule has 0 unspecified atom stereocenters. The zero-order valence-electron chi connectivity index (χ0n) is 10.3. The van der Waals surface area contributed by atoms with Crippen molar-refractivity contribution < 1.29 is 4.39 Å². The molecule has 3 rings (SSSR count). The Balaban J connectivity index is 2.24. The number of hydrogen-bond donors (Lipinski definition) is 2. The smallest absolute Gasteiger partial charge is 0.141 e. The molecule has 20 heavy (non-hydrogen) atoms. The fourth-order valence-corrected chi connectivity index (χ4v) is 3.34. The summed E-state index contributed by atoms with van der Waals surface area (Å²) in [7, 11) is 0. The minimum atomic E-state index is -0.191. The summed E-state index contributed by atoms with van der Waals surface area (Å²) in [6.45, 7) is 0. The molecule has 0 amide bonds. The third kappa shape index (κ3) is 2.44. The number of nitrogens with one attached hydrogen (secondary N) is 2. The van der Waals surface area contributed by atoms with E-state index in [9.17, 15) is 4.39 Å². The van der Waals surface area contributed by atoms with Gasteiger partial charge in [-0.2, -0.15) is 0 Å². The lowest BCUT2D eigenvalue weighted by Crippen LogP contribution is -2.08. The van der Waals surface area contributed by atoms with E-state index in [1.165, 1.54) is 0 Å². The van der Waals surface area contributed by atoms with E-state index in [0.717, 1.165) is 15.9 Å². The van der Waals surface area contributed by atoms with Crippen molar-refractivity contribution in [3.8, 4) is 0 Å². The first-order chi connectivity index (χ1) is 9.68. The number of rotatable bonds is 3. The van der Waals surface area contributed by atoms with Crippen LogP contribution in [0.15, 0.2) is 53.3 Å². The average Bonchev–Trinajstić information content (AvgIpc) is 3.12. The number of benzene rings is 1. The Hall–Kier alpha value is -1.08. The van der Waals surface area contributed by atoms with Crippen LogP contribution in [0.25, 0.3) is 0 Å². The summed E-state index contributed by atoms with van der Waals surface area (Å²) in [5.74, 6) is -0.377. The van der Waals surface area contributed by atoms with Crippen molar-refractivity contribution in [3.63, 3.8) is 0 Å². The summed E-state index contributed by atoms with van der Waals surface area (Å²) in [6.07, 6.45) is 3.70. The SMILES string of the molecule is Fc1c(I)ccc(Br)c1C(c1ccc[nH]1)c1ccc[nH]1. The van der Waals surface area contributed by atoms with Crippen molar-refractivity contribution >= 4 is 38.5 Å². The van der Waals surface area contributed by atoms with E-state index in [0.29, 0.717) is 9.13 Å². The van der Waals surface area contributed by atoms with E-state index in [4.69, 9.17) is 0 Å². The van der Waals surface area contributed by atoms with Crippen molar-refractivity contribution in [2.24, 2.45) is 0 Å². The second-order valence-corrected chi connectivity index (χ2v) is 6.46. The maximum Gasteiger partial charge on any atom is 0.141 e. The van der Waals surface area contributed by atoms with Crippen LogP contribution in [0.1, 0.15) is 22.9 Å². The molecular formula is C15H11BrFIN2. The van der Waals surface area contributed by atoms with Gasteiger partial charge in [-0.15, -0.1) is 0 Å². The van der Waals surface area contributed by atoms with E-state index < -0.39 is 0 Å². The fraction of sp³-hybridized carbons (Fsp3) is 0.0667. The lowest BCUT2D eigenvalue weighted by Gasteiger charge is -2.18. The number of hydrogen-bond acceptors (Lipinski definition) is 0. The standard InChI is InChI=1S/C15H11BrFIN2/c16-9-5-6-10(18)15(17)13(9)14(11-3-1-7-19-11)12-4-2-8-20-12/h1-8,14,19-20H. The van der Waals surface area contributed by atoms with Gasteiger partial charge in [0.25, 0.3) is 0 Å². The molecule has 1 aromatic carbocycles. The van der Waals surface area contributed by atoms with Crippen LogP contribution in [0.5, 0.6) is 0 Å². The molecule has 0 spiro atoms. The second kappa shape index (κ2) is 5.73. The highest BCUT2D eigenvalue weighted by atomic mass is 127. The Bertz CT molecular complexity index is 674. The Labute approximate surface area is 138 Å². The van der Waals surface area contributed by atoms with E-state index in [1.54, 1.807) is 6.07 Å². The van der Waals surface area contributed by atoms with Crippen LogP contribution in [-0.2, 0) is 0 Å². The Morgan fingerprint density at radius 2 is 1.60 bits per heavy atom. The molecular weight excluding hydrogens is 434 g/mol. The normalized spacial score (nSPS) is 11.2. The van der Waals surface area contributed by atoms with Crippen molar-refractivity contribution in [1.29, 1.82) is 0 Å². The van der Waals surface area contributed by atoms with Crippen molar-refractivity contribution in [2.45, 2.75) is 5.92 Å². The molecule has 2 aromatic heterocycles. The fourth-order valence-electron chi connectivity index (χ4n) is 2.33. The van der Waals surface area contributed by atoms with Crippen LogP contribution in [0.3, 0.4) is 0 Å². The minimum Gasteiger partial charge on any atom is -0.364 e. The van der Waals surface area contributed by atoms with Gasteiger partial charge in [0.15, 0.2) is 0 Å². The van der Waals surface area contributed by atoms with Gasteiger partial charge in [0.2, 0.25) is 0 Å². The molecule has 102 valence electrons. The van der Waals surface area contributed by atoms with Gasteiger partial charge in [0, 0.05) is 37.4 Å². The van der Waals surface area contributed by atoms with E-state index >= 15 is 0 Å². The van der Waals surface area contributed by atoms with Crippen LogP contribution in [0.4, 0.5) is 4.39 Å². The van der Waals surface area contributed by atoms with Crippen molar-refractivity contribution in [1.82, 2.24) is 9.97 Å². The maximum absolute atomic E-state index is 14.6. The quantitative estimate of drug-likeness (QED) is 0.419. The predicted octanol–water partition coefficient (Wildman–Crippen LogP) is 5.03. The first-order valence-corrected chi connectivity index (χ1v) is 7.95. The molecule has 2 heterocycles. The molecule has 0 radical (unpaired) electrons. The summed E-state index contributed by atoms with van der Waals surface area (Å²) < 4.78 is 16.0. The zero-order chi connectivity index (χ0) is 14.1. The van der Waals surface area contributed by atoms with Gasteiger partial charge in [-0.25, -0.2) is 4.39 Å². The van der Waals surface area contributed by atoms with Crippen LogP contribution in [0.2, 0.25) is 0 Å². The van der Waals surface area contributed by atoms with Gasteiger partial charge >= 0.3 is 0 Å². The molecule has 2 nitrogen and oxygen atoms in total. The lowest BCUT2D eigenvalue weighted by atomic mass is 9.92. The van der Waals surface area contributed by atoms with Gasteiger partial charge in [0.1, 0.15) is 5.82 Å². The number of aromatic nitrogens is 2. The summed E-state index contributed by atoms with van der Waals surface area (Å²) in [5.41, 5.74) is 2.55. The monoisotopic (exact) mass is 444 g/mol. The third-order valence-corrected chi connectivity index (χ3v) is 4.76. The van der Waals surface area contributed by atoms with Crippen molar-refractivity contribution in [3.05, 3.63) is 79.6 Å². The Morgan fingerprint density at radius 1 is 1.00 bits per heavy atom. The van der Waals surface area contributed by atoms with E-state index in [-0.39, 0.29) is 11.7 Å². The molecule has 0 aliphatic heterocycles. The molecule has 3 aromatic rings. The summed E-state index contributed by atoms with van der Waals surface area (Å²) in [5, 5.41) is 0. The molecule has 2 N–H and O–H groups in total. The average molecular weight is 445 g/mol. The highest BCUT2D eigenvalue weighted by molar-refractivity contribution is 14.1. The Kier molecular flexibility index (Phi) is 3.98. The van der Waals surface area contributed by atoms with Gasteiger partial charge in [-0.05, 0) is 59.0 Å². The molecule has 0 saturated heterocycles. The molecule has 0 atom stereocenters. The first kappa shape index (κ1) is 13.9. The van der Waals surface area contributed by atoms with E-state index in [1.807, 2.05) is 65.3 Å². The largest absolute Gasteiger partial charge is 0.364 e. The van der Waals surface area contributed by atoms with Gasteiger partial charge in [-0.1, -0.05) is 15.9 Å². The topological polar surface area (TPSA) is 31.6 Å². The summed E-state index contributed by atoms with van der Waals surface area (Å²) in [6, 6.07) is 11.4. The molecule has 0 saturated carbocycles. The molecule has 0 fully saturated rings. The highest BCUT2D eigenvalue weighted by Crippen LogP contribution is 2.37. The second-order valence-electron chi connectivity index (χ2n) is 4.44. The molecule has 5 heteroatoms. The van der Waals surface area contributed by atoms with Gasteiger partial charge in [-0.3, -0.25) is 0 Å². The van der Waals surface area contributed by atoms with Crippen LogP contribution >= 0.6 is 38.5 Å². The summed E-state index contributed by atoms with van der Waals surface area (Å²) in [4.78, 5) is 6.38. The lowest BCUT2D eigenvalue weighted by molar-refractivity contribution is 0.595. The van der Waals surface area contributed by atoms with Crippen LogP contribution in [-0.4, -0.2) is 9.97 Å². The van der Waals surface area contributed by atoms with E-state index in [2.05, 4.69) is 25.9 Å².